The SMILES string of the molecule is CC(=O)N(CC(=O)Nc1cccc(C)c1)c1c(C(C)C)cccc1C(C)C. The molecule has 1 N–H and O–H groups in total. The van der Waals surface area contributed by atoms with E-state index in [4.69, 9.17) is 0 Å². The molecule has 4 nitrogen and oxygen atoms in total. The first-order chi connectivity index (χ1) is 12.7. The second-order valence-electron chi connectivity index (χ2n) is 7.62. The molecule has 0 aliphatic carbocycles. The Bertz CT molecular complexity index is 799. The van der Waals surface area contributed by atoms with Crippen LogP contribution in [0.15, 0.2) is 42.5 Å². The van der Waals surface area contributed by atoms with Gasteiger partial charge in [-0.15, -0.1) is 0 Å². The minimum atomic E-state index is -0.205. The fraction of sp³-hybridized carbons (Fsp3) is 0.391. The number of amides is 2. The molecule has 0 atom stereocenters. The molecule has 2 aromatic carbocycles. The van der Waals surface area contributed by atoms with Gasteiger partial charge in [-0.25, -0.2) is 0 Å². The van der Waals surface area contributed by atoms with Crippen LogP contribution in [0.5, 0.6) is 0 Å². The highest BCUT2D eigenvalue weighted by Crippen LogP contribution is 2.35. The van der Waals surface area contributed by atoms with Crippen molar-refractivity contribution in [2.24, 2.45) is 0 Å². The zero-order valence-corrected chi connectivity index (χ0v) is 17.2. The van der Waals surface area contributed by atoms with Gasteiger partial charge in [0, 0.05) is 12.6 Å². The van der Waals surface area contributed by atoms with Gasteiger partial charge in [-0.3, -0.25) is 9.59 Å². The molecule has 27 heavy (non-hydrogen) atoms. The van der Waals surface area contributed by atoms with Crippen molar-refractivity contribution >= 4 is 23.2 Å². The number of hydrogen-bond donors (Lipinski definition) is 1. The van der Waals surface area contributed by atoms with Gasteiger partial charge in [-0.05, 0) is 47.6 Å². The first-order valence-electron chi connectivity index (χ1n) is 9.48. The number of carbonyl (C=O) groups is 2. The lowest BCUT2D eigenvalue weighted by molar-refractivity contribution is -0.120. The van der Waals surface area contributed by atoms with Gasteiger partial charge in [-0.2, -0.15) is 0 Å². The van der Waals surface area contributed by atoms with E-state index in [1.54, 1.807) is 4.90 Å². The summed E-state index contributed by atoms with van der Waals surface area (Å²) in [4.78, 5) is 26.8. The van der Waals surface area contributed by atoms with E-state index < -0.39 is 0 Å². The van der Waals surface area contributed by atoms with Crippen molar-refractivity contribution in [1.82, 2.24) is 0 Å². The minimum absolute atomic E-state index is 0.00721. The molecular weight excluding hydrogens is 336 g/mol. The molecule has 0 aliphatic rings. The summed E-state index contributed by atoms with van der Waals surface area (Å²) in [6.45, 7) is 11.9. The Morgan fingerprint density at radius 2 is 1.52 bits per heavy atom. The second-order valence-corrected chi connectivity index (χ2v) is 7.62. The second kappa shape index (κ2) is 8.85. The van der Waals surface area contributed by atoms with Crippen molar-refractivity contribution in [3.63, 3.8) is 0 Å². The highest BCUT2D eigenvalue weighted by Gasteiger charge is 2.24. The third-order valence-electron chi connectivity index (χ3n) is 4.60. The Morgan fingerprint density at radius 3 is 2.00 bits per heavy atom. The molecule has 0 aromatic heterocycles. The molecule has 0 spiro atoms. The van der Waals surface area contributed by atoms with Crippen LogP contribution in [-0.4, -0.2) is 18.4 Å². The Balaban J connectivity index is 2.37. The molecule has 2 rings (SSSR count). The van der Waals surface area contributed by atoms with Crippen molar-refractivity contribution in [2.45, 2.75) is 53.4 Å². The fourth-order valence-electron chi connectivity index (χ4n) is 3.24. The van der Waals surface area contributed by atoms with E-state index in [2.05, 4.69) is 33.0 Å². The Hall–Kier alpha value is -2.62. The molecule has 0 heterocycles. The number of para-hydroxylation sites is 1. The number of nitrogens with zero attached hydrogens (tertiary/aromatic N) is 1. The fourth-order valence-corrected chi connectivity index (χ4v) is 3.24. The molecule has 0 unspecified atom stereocenters. The van der Waals surface area contributed by atoms with Crippen LogP contribution in [0, 0.1) is 6.92 Å². The van der Waals surface area contributed by atoms with E-state index in [0.29, 0.717) is 0 Å². The van der Waals surface area contributed by atoms with Gasteiger partial charge < -0.3 is 10.2 Å². The largest absolute Gasteiger partial charge is 0.325 e. The van der Waals surface area contributed by atoms with Crippen molar-refractivity contribution in [2.75, 3.05) is 16.8 Å². The summed E-state index contributed by atoms with van der Waals surface area (Å²) in [7, 11) is 0. The first kappa shape index (κ1) is 20.7. The van der Waals surface area contributed by atoms with Crippen molar-refractivity contribution in [3.8, 4) is 0 Å². The Labute approximate surface area is 162 Å². The van der Waals surface area contributed by atoms with Gasteiger partial charge >= 0.3 is 0 Å². The van der Waals surface area contributed by atoms with Crippen LogP contribution in [0.3, 0.4) is 0 Å². The average Bonchev–Trinajstić information content (AvgIpc) is 2.58. The molecular formula is C23H30N2O2. The standard InChI is InChI=1S/C23H30N2O2/c1-15(2)20-11-8-12-21(16(3)4)23(20)25(18(6)26)14-22(27)24-19-10-7-9-17(5)13-19/h7-13,15-16H,14H2,1-6H3,(H,24,27). The lowest BCUT2D eigenvalue weighted by Crippen LogP contribution is -2.38. The van der Waals surface area contributed by atoms with Crippen LogP contribution in [-0.2, 0) is 9.59 Å². The molecule has 2 aromatic rings. The molecule has 4 heteroatoms. The normalized spacial score (nSPS) is 11.0. The van der Waals surface area contributed by atoms with E-state index >= 15 is 0 Å². The number of rotatable bonds is 6. The predicted molar refractivity (Wildman–Crippen MR) is 112 cm³/mol. The zero-order valence-electron chi connectivity index (χ0n) is 17.2. The molecule has 144 valence electrons. The minimum Gasteiger partial charge on any atom is -0.325 e. The number of aryl methyl sites for hydroxylation is 1. The van der Waals surface area contributed by atoms with E-state index in [1.807, 2.05) is 49.4 Å². The van der Waals surface area contributed by atoms with Gasteiger partial charge in [0.15, 0.2) is 0 Å². The Kier molecular flexibility index (Phi) is 6.78. The van der Waals surface area contributed by atoms with E-state index in [0.717, 1.165) is 28.1 Å². The van der Waals surface area contributed by atoms with Gasteiger partial charge in [0.2, 0.25) is 11.8 Å². The molecule has 2 amide bonds. The van der Waals surface area contributed by atoms with Crippen molar-refractivity contribution in [1.29, 1.82) is 0 Å². The number of hydrogen-bond acceptors (Lipinski definition) is 2. The van der Waals surface area contributed by atoms with Crippen LogP contribution in [0.4, 0.5) is 11.4 Å². The third-order valence-corrected chi connectivity index (χ3v) is 4.60. The lowest BCUT2D eigenvalue weighted by atomic mass is 9.91. The lowest BCUT2D eigenvalue weighted by Gasteiger charge is -2.29. The van der Waals surface area contributed by atoms with Crippen LogP contribution in [0.1, 0.15) is 63.1 Å². The highest BCUT2D eigenvalue weighted by atomic mass is 16.2. The van der Waals surface area contributed by atoms with Gasteiger partial charge in [0.1, 0.15) is 6.54 Å². The van der Waals surface area contributed by atoms with Gasteiger partial charge in [-0.1, -0.05) is 58.0 Å². The summed E-state index contributed by atoms with van der Waals surface area (Å²) in [6, 6.07) is 13.8. The quantitative estimate of drug-likeness (QED) is 0.760. The molecule has 0 radical (unpaired) electrons. The van der Waals surface area contributed by atoms with E-state index in [9.17, 15) is 9.59 Å². The zero-order chi connectivity index (χ0) is 20.1. The van der Waals surface area contributed by atoms with Gasteiger partial charge in [0.05, 0.1) is 5.69 Å². The summed E-state index contributed by atoms with van der Waals surface area (Å²) >= 11 is 0. The Morgan fingerprint density at radius 1 is 0.963 bits per heavy atom. The summed E-state index contributed by atoms with van der Waals surface area (Å²) in [5.41, 5.74) is 4.85. The third kappa shape index (κ3) is 5.19. The average molecular weight is 367 g/mol. The van der Waals surface area contributed by atoms with Crippen molar-refractivity contribution in [3.05, 3.63) is 59.2 Å². The molecule has 0 aliphatic heterocycles. The van der Waals surface area contributed by atoms with Gasteiger partial charge in [0.25, 0.3) is 0 Å². The summed E-state index contributed by atoms with van der Waals surface area (Å²) in [5, 5.41) is 2.90. The number of anilines is 2. The molecule has 0 bridgehead atoms. The number of nitrogens with one attached hydrogen (secondary N) is 1. The predicted octanol–water partition coefficient (Wildman–Crippen LogP) is 5.23. The summed E-state index contributed by atoms with van der Waals surface area (Å²) < 4.78 is 0. The molecule has 0 fully saturated rings. The smallest absolute Gasteiger partial charge is 0.244 e. The number of benzene rings is 2. The van der Waals surface area contributed by atoms with E-state index in [1.165, 1.54) is 6.92 Å². The summed E-state index contributed by atoms with van der Waals surface area (Å²) in [6.07, 6.45) is 0. The monoisotopic (exact) mass is 366 g/mol. The molecule has 0 saturated heterocycles. The number of carbonyl (C=O) groups excluding carboxylic acids is 2. The highest BCUT2D eigenvalue weighted by molar-refractivity contribution is 6.02. The first-order valence-corrected chi connectivity index (χ1v) is 9.48. The summed E-state index contributed by atoms with van der Waals surface area (Å²) in [5.74, 6) is 0.161. The van der Waals surface area contributed by atoms with Crippen LogP contribution in [0.25, 0.3) is 0 Å². The topological polar surface area (TPSA) is 49.4 Å². The molecule has 0 saturated carbocycles. The van der Waals surface area contributed by atoms with Crippen LogP contribution < -0.4 is 10.2 Å². The maximum Gasteiger partial charge on any atom is 0.244 e. The van der Waals surface area contributed by atoms with Crippen LogP contribution in [0.2, 0.25) is 0 Å². The maximum atomic E-state index is 12.7. The van der Waals surface area contributed by atoms with Crippen LogP contribution >= 0.6 is 0 Å². The van der Waals surface area contributed by atoms with Crippen molar-refractivity contribution < 1.29 is 9.59 Å². The maximum absolute atomic E-state index is 12.7. The van der Waals surface area contributed by atoms with E-state index in [-0.39, 0.29) is 30.2 Å².